The Balaban J connectivity index is 2.23. The van der Waals surface area contributed by atoms with E-state index < -0.39 is 0 Å². The van der Waals surface area contributed by atoms with Crippen molar-refractivity contribution in [1.82, 2.24) is 19.8 Å². The third-order valence-corrected chi connectivity index (χ3v) is 2.38. The van der Waals surface area contributed by atoms with Crippen molar-refractivity contribution in [2.45, 2.75) is 18.8 Å². The minimum absolute atomic E-state index is 0.504. The normalized spacial score (nSPS) is 15.6. The van der Waals surface area contributed by atoms with E-state index in [0.29, 0.717) is 11.5 Å². The molecule has 5 heteroatoms. The third kappa shape index (κ3) is 0.973. The number of nitrogens with zero attached hydrogens (tertiary/aromatic N) is 5. The van der Waals surface area contributed by atoms with Crippen molar-refractivity contribution in [3.05, 3.63) is 23.7 Å². The summed E-state index contributed by atoms with van der Waals surface area (Å²) in [5, 5.41) is 16.7. The number of hydrogen-bond donors (Lipinski definition) is 0. The van der Waals surface area contributed by atoms with Crippen LogP contribution in [-0.2, 0) is 0 Å². The van der Waals surface area contributed by atoms with Crippen molar-refractivity contribution >= 4 is 5.65 Å². The second kappa shape index (κ2) is 2.51. The van der Waals surface area contributed by atoms with Crippen LogP contribution in [-0.4, -0.2) is 19.8 Å². The van der Waals surface area contributed by atoms with Gasteiger partial charge in [0.1, 0.15) is 11.8 Å². The molecule has 2 heterocycles. The fourth-order valence-corrected chi connectivity index (χ4v) is 1.49. The molecular weight excluding hydrogens is 178 g/mol. The third-order valence-electron chi connectivity index (χ3n) is 2.38. The van der Waals surface area contributed by atoms with Gasteiger partial charge in [0.25, 0.3) is 0 Å². The van der Waals surface area contributed by atoms with Gasteiger partial charge in [0.2, 0.25) is 0 Å². The lowest BCUT2D eigenvalue weighted by molar-refractivity contribution is 0.832. The molecule has 0 radical (unpaired) electrons. The van der Waals surface area contributed by atoms with Gasteiger partial charge in [-0.15, -0.1) is 5.10 Å². The fraction of sp³-hybridized carbons (Fsp3) is 0.333. The van der Waals surface area contributed by atoms with E-state index in [9.17, 15) is 0 Å². The average molecular weight is 185 g/mol. The summed E-state index contributed by atoms with van der Waals surface area (Å²) in [5.74, 6) is 0.535. The molecule has 0 aromatic carbocycles. The lowest BCUT2D eigenvalue weighted by Gasteiger charge is -1.92. The molecule has 68 valence electrons. The summed E-state index contributed by atoms with van der Waals surface area (Å²) in [6.45, 7) is 0. The first-order valence-corrected chi connectivity index (χ1v) is 4.49. The maximum atomic E-state index is 8.67. The Kier molecular flexibility index (Phi) is 1.34. The predicted molar refractivity (Wildman–Crippen MR) is 47.5 cm³/mol. The van der Waals surface area contributed by atoms with E-state index in [2.05, 4.69) is 15.3 Å². The fourth-order valence-electron chi connectivity index (χ4n) is 1.49. The minimum atomic E-state index is 0.504. The molecule has 14 heavy (non-hydrogen) atoms. The molecule has 0 saturated heterocycles. The van der Waals surface area contributed by atoms with Gasteiger partial charge < -0.3 is 0 Å². The van der Waals surface area contributed by atoms with E-state index in [1.165, 1.54) is 12.8 Å². The number of hydrogen-bond acceptors (Lipinski definition) is 4. The van der Waals surface area contributed by atoms with Gasteiger partial charge in [-0.1, -0.05) is 5.21 Å². The molecule has 0 atom stereocenters. The lowest BCUT2D eigenvalue weighted by Crippen LogP contribution is -1.92. The van der Waals surface area contributed by atoms with E-state index in [1.807, 2.05) is 6.07 Å². The van der Waals surface area contributed by atoms with Crippen molar-refractivity contribution < 1.29 is 0 Å². The first kappa shape index (κ1) is 7.44. The van der Waals surface area contributed by atoms with Crippen LogP contribution in [0.15, 0.2) is 12.4 Å². The Morgan fingerprint density at radius 2 is 2.36 bits per heavy atom. The van der Waals surface area contributed by atoms with Crippen LogP contribution in [0.25, 0.3) is 5.65 Å². The van der Waals surface area contributed by atoms with Crippen molar-refractivity contribution in [2.75, 3.05) is 0 Å². The van der Waals surface area contributed by atoms with Gasteiger partial charge in [0, 0.05) is 12.1 Å². The van der Waals surface area contributed by atoms with E-state index in [0.717, 1.165) is 11.3 Å². The Morgan fingerprint density at radius 1 is 1.50 bits per heavy atom. The van der Waals surface area contributed by atoms with Crippen LogP contribution < -0.4 is 0 Å². The molecule has 0 aliphatic heterocycles. The SMILES string of the molecule is N#Cc1cnc2c(C3CC3)nnn2c1. The monoisotopic (exact) mass is 185 g/mol. The van der Waals surface area contributed by atoms with E-state index in [-0.39, 0.29) is 0 Å². The van der Waals surface area contributed by atoms with Crippen LogP contribution in [0.4, 0.5) is 0 Å². The summed E-state index contributed by atoms with van der Waals surface area (Å²) < 4.78 is 1.58. The van der Waals surface area contributed by atoms with Gasteiger partial charge in [0.05, 0.1) is 11.8 Å². The van der Waals surface area contributed by atoms with Gasteiger partial charge in [-0.2, -0.15) is 5.26 Å². The molecule has 1 saturated carbocycles. The van der Waals surface area contributed by atoms with Gasteiger partial charge >= 0.3 is 0 Å². The van der Waals surface area contributed by atoms with Crippen LogP contribution in [0.3, 0.4) is 0 Å². The quantitative estimate of drug-likeness (QED) is 0.661. The van der Waals surface area contributed by atoms with Gasteiger partial charge in [0.15, 0.2) is 5.65 Å². The number of rotatable bonds is 1. The molecule has 5 nitrogen and oxygen atoms in total. The first-order chi connectivity index (χ1) is 6.88. The Hall–Kier alpha value is -1.96. The summed E-state index contributed by atoms with van der Waals surface area (Å²) in [6.07, 6.45) is 5.57. The van der Waals surface area contributed by atoms with Crippen LogP contribution in [0.5, 0.6) is 0 Å². The molecule has 0 bridgehead atoms. The maximum Gasteiger partial charge on any atom is 0.179 e. The topological polar surface area (TPSA) is 66.9 Å². The van der Waals surface area contributed by atoms with Crippen LogP contribution >= 0.6 is 0 Å². The molecular formula is C9H7N5. The largest absolute Gasteiger partial charge is 0.234 e. The maximum absolute atomic E-state index is 8.67. The highest BCUT2D eigenvalue weighted by Crippen LogP contribution is 2.40. The molecule has 0 unspecified atom stereocenters. The zero-order chi connectivity index (χ0) is 9.54. The molecule has 3 rings (SSSR count). The summed E-state index contributed by atoms with van der Waals surface area (Å²) in [6, 6.07) is 2.02. The Morgan fingerprint density at radius 3 is 3.07 bits per heavy atom. The standard InChI is InChI=1S/C9H7N5/c10-3-6-4-11-9-8(7-1-2-7)12-13-14(9)5-6/h4-5,7H,1-2H2. The summed E-state index contributed by atoms with van der Waals surface area (Å²) >= 11 is 0. The van der Waals surface area contributed by atoms with E-state index in [1.54, 1.807) is 16.9 Å². The van der Waals surface area contributed by atoms with Crippen molar-refractivity contribution in [1.29, 1.82) is 5.26 Å². The molecule has 0 N–H and O–H groups in total. The highest BCUT2D eigenvalue weighted by molar-refractivity contribution is 5.47. The first-order valence-electron chi connectivity index (χ1n) is 4.49. The summed E-state index contributed by atoms with van der Waals surface area (Å²) in [5.41, 5.74) is 2.26. The molecule has 0 amide bonds. The minimum Gasteiger partial charge on any atom is -0.234 e. The Bertz CT molecular complexity index is 532. The van der Waals surface area contributed by atoms with Crippen molar-refractivity contribution in [3.63, 3.8) is 0 Å². The summed E-state index contributed by atoms with van der Waals surface area (Å²) in [7, 11) is 0. The highest BCUT2D eigenvalue weighted by atomic mass is 15.4. The number of nitriles is 1. The van der Waals surface area contributed by atoms with Crippen LogP contribution in [0, 0.1) is 11.3 Å². The van der Waals surface area contributed by atoms with Gasteiger partial charge in [-0.25, -0.2) is 9.50 Å². The van der Waals surface area contributed by atoms with Gasteiger partial charge in [-0.05, 0) is 12.8 Å². The van der Waals surface area contributed by atoms with E-state index >= 15 is 0 Å². The molecule has 1 aliphatic rings. The second-order valence-electron chi connectivity index (χ2n) is 3.47. The molecule has 0 spiro atoms. The number of aromatic nitrogens is 4. The average Bonchev–Trinajstić information content (AvgIpc) is 2.98. The second-order valence-corrected chi connectivity index (χ2v) is 3.47. The molecule has 2 aromatic heterocycles. The van der Waals surface area contributed by atoms with Crippen molar-refractivity contribution in [2.24, 2.45) is 0 Å². The van der Waals surface area contributed by atoms with E-state index in [4.69, 9.17) is 5.26 Å². The highest BCUT2D eigenvalue weighted by Gasteiger charge is 2.29. The molecule has 2 aromatic rings. The zero-order valence-electron chi connectivity index (χ0n) is 7.38. The van der Waals surface area contributed by atoms with Gasteiger partial charge in [-0.3, -0.25) is 0 Å². The predicted octanol–water partition coefficient (Wildman–Crippen LogP) is 0.873. The van der Waals surface area contributed by atoms with Crippen LogP contribution in [0.1, 0.15) is 30.0 Å². The molecule has 1 fully saturated rings. The number of fused-ring (bicyclic) bond motifs is 1. The molecule has 1 aliphatic carbocycles. The lowest BCUT2D eigenvalue weighted by atomic mass is 10.3. The van der Waals surface area contributed by atoms with Crippen LogP contribution in [0.2, 0.25) is 0 Å². The van der Waals surface area contributed by atoms with Crippen molar-refractivity contribution in [3.8, 4) is 6.07 Å². The zero-order valence-corrected chi connectivity index (χ0v) is 7.38. The smallest absolute Gasteiger partial charge is 0.179 e. The summed E-state index contributed by atoms with van der Waals surface area (Å²) in [4.78, 5) is 4.19. The Labute approximate surface area is 80.0 Å².